The molecule has 0 aliphatic carbocycles. The molecule has 26 heavy (non-hydrogen) atoms. The van der Waals surface area contributed by atoms with Crippen LogP contribution in [-0.4, -0.2) is 32.1 Å². The van der Waals surface area contributed by atoms with E-state index in [2.05, 4.69) is 26.6 Å². The zero-order valence-electron chi connectivity index (χ0n) is 14.7. The molecular weight excluding hydrogens is 400 g/mol. The number of halogens is 1. The molecule has 0 fully saturated rings. The van der Waals surface area contributed by atoms with Crippen LogP contribution in [0.2, 0.25) is 0 Å². The van der Waals surface area contributed by atoms with E-state index in [1.807, 2.05) is 43.3 Å². The third-order valence-electron chi connectivity index (χ3n) is 3.54. The van der Waals surface area contributed by atoms with Crippen LogP contribution in [0.25, 0.3) is 0 Å². The van der Waals surface area contributed by atoms with Crippen LogP contribution in [0.1, 0.15) is 11.1 Å². The van der Waals surface area contributed by atoms with Crippen molar-refractivity contribution in [2.45, 2.75) is 13.5 Å². The summed E-state index contributed by atoms with van der Waals surface area (Å²) in [5.41, 5.74) is 2.54. The maximum Gasteiger partial charge on any atom is 0.246 e. The van der Waals surface area contributed by atoms with Gasteiger partial charge in [0.2, 0.25) is 11.8 Å². The lowest BCUT2D eigenvalue weighted by atomic mass is 10.2. The van der Waals surface area contributed by atoms with Gasteiger partial charge in [0, 0.05) is 10.2 Å². The Bertz CT molecular complexity index is 780. The molecule has 6 nitrogen and oxygen atoms in total. The molecular formula is C19H21BrN2O4. The van der Waals surface area contributed by atoms with E-state index in [-0.39, 0.29) is 31.6 Å². The number of carbonyl (C=O) groups is 2. The van der Waals surface area contributed by atoms with E-state index in [0.717, 1.165) is 21.3 Å². The highest BCUT2D eigenvalue weighted by molar-refractivity contribution is 9.10. The van der Waals surface area contributed by atoms with E-state index in [1.54, 1.807) is 13.2 Å². The molecule has 0 spiro atoms. The molecule has 0 radical (unpaired) electrons. The molecule has 0 bridgehead atoms. The van der Waals surface area contributed by atoms with E-state index >= 15 is 0 Å². The van der Waals surface area contributed by atoms with Crippen molar-refractivity contribution in [2.24, 2.45) is 0 Å². The van der Waals surface area contributed by atoms with E-state index in [4.69, 9.17) is 9.47 Å². The molecule has 0 aliphatic rings. The van der Waals surface area contributed by atoms with Crippen LogP contribution in [0.4, 0.5) is 5.69 Å². The van der Waals surface area contributed by atoms with E-state index in [0.29, 0.717) is 5.69 Å². The van der Waals surface area contributed by atoms with Crippen molar-refractivity contribution in [2.75, 3.05) is 25.6 Å². The highest BCUT2D eigenvalue weighted by Crippen LogP contribution is 2.19. The topological polar surface area (TPSA) is 76.7 Å². The van der Waals surface area contributed by atoms with Crippen molar-refractivity contribution in [3.63, 3.8) is 0 Å². The highest BCUT2D eigenvalue weighted by atomic mass is 79.9. The maximum atomic E-state index is 11.9. The van der Waals surface area contributed by atoms with Crippen LogP contribution in [0.15, 0.2) is 46.9 Å². The van der Waals surface area contributed by atoms with E-state index in [9.17, 15) is 9.59 Å². The second kappa shape index (κ2) is 9.94. The van der Waals surface area contributed by atoms with Gasteiger partial charge in [-0.25, -0.2) is 0 Å². The van der Waals surface area contributed by atoms with Crippen molar-refractivity contribution < 1.29 is 19.1 Å². The number of anilines is 1. The quantitative estimate of drug-likeness (QED) is 0.687. The zero-order valence-corrected chi connectivity index (χ0v) is 16.3. The lowest BCUT2D eigenvalue weighted by Gasteiger charge is -2.10. The Kier molecular flexibility index (Phi) is 7.62. The number of carbonyl (C=O) groups excluding carboxylic acids is 2. The first-order valence-electron chi connectivity index (χ1n) is 8.01. The Morgan fingerprint density at radius 1 is 1.12 bits per heavy atom. The first-order chi connectivity index (χ1) is 12.5. The fourth-order valence-electron chi connectivity index (χ4n) is 2.22. The summed E-state index contributed by atoms with van der Waals surface area (Å²) in [7, 11) is 1.59. The van der Waals surface area contributed by atoms with Gasteiger partial charge in [0.25, 0.3) is 0 Å². The first-order valence-corrected chi connectivity index (χ1v) is 8.80. The number of hydrogen-bond acceptors (Lipinski definition) is 4. The maximum absolute atomic E-state index is 11.9. The Morgan fingerprint density at radius 3 is 2.65 bits per heavy atom. The Hall–Kier alpha value is -2.38. The summed E-state index contributed by atoms with van der Waals surface area (Å²) in [5, 5.41) is 5.29. The molecule has 2 aromatic carbocycles. The molecule has 2 amide bonds. The van der Waals surface area contributed by atoms with Crippen molar-refractivity contribution in [3.05, 3.63) is 58.1 Å². The molecule has 138 valence electrons. The van der Waals surface area contributed by atoms with Gasteiger partial charge in [0.05, 0.1) is 20.3 Å². The number of ether oxygens (including phenoxy) is 2. The minimum Gasteiger partial charge on any atom is -0.497 e. The number of methoxy groups -OCH3 is 1. The summed E-state index contributed by atoms with van der Waals surface area (Å²) in [5.74, 6) is 0.0857. The van der Waals surface area contributed by atoms with Crippen LogP contribution in [0.3, 0.4) is 0 Å². The monoisotopic (exact) mass is 420 g/mol. The van der Waals surface area contributed by atoms with Gasteiger partial charge in [0.1, 0.15) is 12.4 Å². The van der Waals surface area contributed by atoms with Crippen LogP contribution < -0.4 is 15.4 Å². The summed E-state index contributed by atoms with van der Waals surface area (Å²) in [6.45, 7) is 1.94. The Morgan fingerprint density at radius 2 is 1.92 bits per heavy atom. The lowest BCUT2D eigenvalue weighted by molar-refractivity contribution is -0.128. The Labute approximate surface area is 161 Å². The predicted molar refractivity (Wildman–Crippen MR) is 103 cm³/mol. The fraction of sp³-hybridized carbons (Fsp3) is 0.263. The molecule has 0 saturated carbocycles. The molecule has 0 heterocycles. The second-order valence-corrected chi connectivity index (χ2v) is 6.54. The third kappa shape index (κ3) is 6.50. The molecule has 2 N–H and O–H groups in total. The molecule has 7 heteroatoms. The van der Waals surface area contributed by atoms with Gasteiger partial charge in [-0.3, -0.25) is 9.59 Å². The highest BCUT2D eigenvalue weighted by Gasteiger charge is 2.08. The van der Waals surface area contributed by atoms with Crippen LogP contribution in [0, 0.1) is 6.92 Å². The number of amides is 2. The minimum atomic E-state index is -0.351. The van der Waals surface area contributed by atoms with Gasteiger partial charge in [-0.1, -0.05) is 28.1 Å². The minimum absolute atomic E-state index is 0.114. The molecule has 0 aliphatic heterocycles. The third-order valence-corrected chi connectivity index (χ3v) is 4.04. The summed E-state index contributed by atoms with van der Waals surface area (Å²) in [6.07, 6.45) is 0. The first kappa shape index (κ1) is 19.9. The average molecular weight is 421 g/mol. The smallest absolute Gasteiger partial charge is 0.246 e. The van der Waals surface area contributed by atoms with Gasteiger partial charge in [-0.05, 0) is 48.4 Å². The fourth-order valence-corrected chi connectivity index (χ4v) is 2.69. The van der Waals surface area contributed by atoms with Gasteiger partial charge >= 0.3 is 0 Å². The molecule has 0 saturated heterocycles. The second-order valence-electron chi connectivity index (χ2n) is 5.63. The summed E-state index contributed by atoms with van der Waals surface area (Å²) < 4.78 is 11.4. The van der Waals surface area contributed by atoms with Gasteiger partial charge in [-0.15, -0.1) is 0 Å². The van der Waals surface area contributed by atoms with Crippen molar-refractivity contribution in [3.8, 4) is 5.75 Å². The van der Waals surface area contributed by atoms with Gasteiger partial charge in [-0.2, -0.15) is 0 Å². The standard InChI is InChI=1S/C19H21BrN2O4/c1-13-8-15(20)6-7-17(13)22-18(23)10-21-19(24)12-26-11-14-4-3-5-16(9-14)25-2/h3-9H,10-12H2,1-2H3,(H,21,24)(H,22,23). The zero-order chi connectivity index (χ0) is 18.9. The summed E-state index contributed by atoms with van der Waals surface area (Å²) in [4.78, 5) is 23.7. The molecule has 0 aromatic heterocycles. The number of hydrogen-bond donors (Lipinski definition) is 2. The van der Waals surface area contributed by atoms with Crippen molar-refractivity contribution in [1.82, 2.24) is 5.32 Å². The average Bonchev–Trinajstić information content (AvgIpc) is 2.62. The number of benzene rings is 2. The van der Waals surface area contributed by atoms with Crippen molar-refractivity contribution in [1.29, 1.82) is 0 Å². The Balaban J connectivity index is 1.70. The van der Waals surface area contributed by atoms with E-state index < -0.39 is 0 Å². The lowest BCUT2D eigenvalue weighted by Crippen LogP contribution is -2.35. The number of aryl methyl sites for hydroxylation is 1. The number of nitrogens with one attached hydrogen (secondary N) is 2. The predicted octanol–water partition coefficient (Wildman–Crippen LogP) is 3.04. The van der Waals surface area contributed by atoms with Crippen LogP contribution in [-0.2, 0) is 20.9 Å². The normalized spacial score (nSPS) is 10.3. The molecule has 2 rings (SSSR count). The summed E-state index contributed by atoms with van der Waals surface area (Å²) >= 11 is 3.37. The van der Waals surface area contributed by atoms with Crippen LogP contribution in [0.5, 0.6) is 5.75 Å². The molecule has 2 aromatic rings. The van der Waals surface area contributed by atoms with Crippen LogP contribution >= 0.6 is 15.9 Å². The molecule has 0 atom stereocenters. The van der Waals surface area contributed by atoms with Gasteiger partial charge in [0.15, 0.2) is 0 Å². The molecule has 0 unspecified atom stereocenters. The number of rotatable bonds is 8. The van der Waals surface area contributed by atoms with Crippen molar-refractivity contribution >= 4 is 33.4 Å². The SMILES string of the molecule is COc1cccc(COCC(=O)NCC(=O)Nc2ccc(Br)cc2C)c1. The largest absolute Gasteiger partial charge is 0.497 e. The van der Waals surface area contributed by atoms with E-state index in [1.165, 1.54) is 0 Å². The van der Waals surface area contributed by atoms with Gasteiger partial charge < -0.3 is 20.1 Å². The summed E-state index contributed by atoms with van der Waals surface area (Å²) in [6, 6.07) is 13.0.